The molecule has 1 unspecified atom stereocenters. The van der Waals surface area contributed by atoms with Crippen LogP contribution >= 0.6 is 0 Å². The molecule has 2 rings (SSSR count). The third kappa shape index (κ3) is 3.83. The third-order valence-corrected chi connectivity index (χ3v) is 3.40. The van der Waals surface area contributed by atoms with Gasteiger partial charge in [-0.15, -0.1) is 6.58 Å². The van der Waals surface area contributed by atoms with Crippen LogP contribution in [0.4, 0.5) is 0 Å². The highest BCUT2D eigenvalue weighted by molar-refractivity contribution is 5.51. The summed E-state index contributed by atoms with van der Waals surface area (Å²) >= 11 is 0. The van der Waals surface area contributed by atoms with Gasteiger partial charge in [-0.3, -0.25) is 0 Å². The lowest BCUT2D eigenvalue weighted by molar-refractivity contribution is 0.0938. The summed E-state index contributed by atoms with van der Waals surface area (Å²) in [7, 11) is 1.63. The van der Waals surface area contributed by atoms with Crippen LogP contribution in [0.2, 0.25) is 0 Å². The van der Waals surface area contributed by atoms with E-state index < -0.39 is 5.60 Å². The highest BCUT2D eigenvalue weighted by Gasteiger charge is 2.24. The summed E-state index contributed by atoms with van der Waals surface area (Å²) in [6, 6.07) is 17.3. The predicted octanol–water partition coefficient (Wildman–Crippen LogP) is 4.17. The van der Waals surface area contributed by atoms with Crippen LogP contribution < -0.4 is 4.74 Å². The Hall–Kier alpha value is -2.32. The van der Waals surface area contributed by atoms with Gasteiger partial charge in [0, 0.05) is 6.42 Å². The number of benzene rings is 2. The van der Waals surface area contributed by atoms with E-state index in [2.05, 4.69) is 6.58 Å². The summed E-state index contributed by atoms with van der Waals surface area (Å²) in [6.45, 7) is 3.74. The van der Waals surface area contributed by atoms with Crippen molar-refractivity contribution in [2.24, 2.45) is 0 Å². The fourth-order valence-corrected chi connectivity index (χ4v) is 2.18. The number of hydrogen-bond donors (Lipinski definition) is 1. The highest BCUT2D eigenvalue weighted by Crippen LogP contribution is 2.29. The normalized spacial score (nSPS) is 13.8. The van der Waals surface area contributed by atoms with Gasteiger partial charge in [-0.2, -0.15) is 0 Å². The van der Waals surface area contributed by atoms with Crippen molar-refractivity contribution in [3.05, 3.63) is 84.5 Å². The van der Waals surface area contributed by atoms with Crippen molar-refractivity contribution >= 4 is 6.08 Å². The topological polar surface area (TPSA) is 29.5 Å². The first-order valence-corrected chi connectivity index (χ1v) is 6.90. The van der Waals surface area contributed by atoms with Crippen molar-refractivity contribution in [3.8, 4) is 5.75 Å². The predicted molar refractivity (Wildman–Crippen MR) is 87.2 cm³/mol. The van der Waals surface area contributed by atoms with Crippen LogP contribution in [-0.4, -0.2) is 12.2 Å². The molecule has 1 N–H and O–H groups in total. The van der Waals surface area contributed by atoms with E-state index in [1.165, 1.54) is 0 Å². The average molecular weight is 280 g/mol. The van der Waals surface area contributed by atoms with Gasteiger partial charge in [-0.05, 0) is 29.3 Å². The lowest BCUT2D eigenvalue weighted by atomic mass is 9.89. The largest absolute Gasteiger partial charge is 0.497 e. The second-order valence-corrected chi connectivity index (χ2v) is 4.89. The van der Waals surface area contributed by atoms with E-state index in [0.29, 0.717) is 6.42 Å². The summed E-state index contributed by atoms with van der Waals surface area (Å²) in [4.78, 5) is 0. The Kier molecular flexibility index (Phi) is 4.96. The van der Waals surface area contributed by atoms with Crippen LogP contribution in [0, 0.1) is 0 Å². The molecule has 2 nitrogen and oxygen atoms in total. The van der Waals surface area contributed by atoms with E-state index in [4.69, 9.17) is 4.74 Å². The van der Waals surface area contributed by atoms with Crippen LogP contribution in [0.3, 0.4) is 0 Å². The van der Waals surface area contributed by atoms with Crippen LogP contribution in [0.1, 0.15) is 17.5 Å². The number of rotatable bonds is 6. The van der Waals surface area contributed by atoms with Gasteiger partial charge in [-0.1, -0.05) is 54.6 Å². The molecular weight excluding hydrogens is 260 g/mol. The van der Waals surface area contributed by atoms with E-state index in [1.807, 2.05) is 66.7 Å². The molecule has 2 heteroatoms. The molecule has 21 heavy (non-hydrogen) atoms. The van der Waals surface area contributed by atoms with Crippen molar-refractivity contribution in [2.45, 2.75) is 12.0 Å². The van der Waals surface area contributed by atoms with E-state index >= 15 is 0 Å². The molecule has 0 aliphatic rings. The molecule has 0 aliphatic heterocycles. The monoisotopic (exact) mass is 280 g/mol. The van der Waals surface area contributed by atoms with Gasteiger partial charge < -0.3 is 9.84 Å². The number of ether oxygens (including phenoxy) is 1. The second kappa shape index (κ2) is 6.91. The Morgan fingerprint density at radius 2 is 1.76 bits per heavy atom. The van der Waals surface area contributed by atoms with Crippen LogP contribution in [0.5, 0.6) is 5.75 Å². The number of aliphatic hydroxyl groups is 1. The minimum absolute atomic E-state index is 0.447. The van der Waals surface area contributed by atoms with Gasteiger partial charge >= 0.3 is 0 Å². The summed E-state index contributed by atoms with van der Waals surface area (Å²) in [5.41, 5.74) is 0.799. The zero-order chi connectivity index (χ0) is 15.1. The molecular formula is C19H20O2. The zero-order valence-electron chi connectivity index (χ0n) is 12.2. The molecule has 0 saturated carbocycles. The van der Waals surface area contributed by atoms with Crippen LogP contribution in [-0.2, 0) is 5.60 Å². The summed E-state index contributed by atoms with van der Waals surface area (Å²) < 4.78 is 5.15. The fraction of sp³-hybridized carbons (Fsp3) is 0.158. The lowest BCUT2D eigenvalue weighted by Gasteiger charge is -2.24. The molecule has 2 aromatic carbocycles. The second-order valence-electron chi connectivity index (χ2n) is 4.89. The van der Waals surface area contributed by atoms with Gasteiger partial charge in [0.05, 0.1) is 7.11 Å². The SMILES string of the molecule is C=CCC(O)(/C=C/c1ccccc1)c1ccc(OC)cc1. The molecule has 1 atom stereocenters. The third-order valence-electron chi connectivity index (χ3n) is 3.40. The number of hydrogen-bond acceptors (Lipinski definition) is 2. The Morgan fingerprint density at radius 3 is 2.33 bits per heavy atom. The van der Waals surface area contributed by atoms with Gasteiger partial charge in [0.2, 0.25) is 0 Å². The summed E-state index contributed by atoms with van der Waals surface area (Å²) in [5.74, 6) is 0.770. The van der Waals surface area contributed by atoms with Crippen molar-refractivity contribution < 1.29 is 9.84 Å². The lowest BCUT2D eigenvalue weighted by Crippen LogP contribution is -2.21. The fourth-order valence-electron chi connectivity index (χ4n) is 2.18. The minimum atomic E-state index is -1.07. The molecule has 0 aromatic heterocycles. The van der Waals surface area contributed by atoms with Gasteiger partial charge in [0.1, 0.15) is 11.4 Å². The maximum Gasteiger partial charge on any atom is 0.118 e. The molecule has 0 fully saturated rings. The Morgan fingerprint density at radius 1 is 1.10 bits per heavy atom. The standard InChI is InChI=1S/C19H20O2/c1-3-14-19(20,15-13-16-7-5-4-6-8-16)17-9-11-18(21-2)12-10-17/h3-13,15,20H,1,14H2,2H3/b15-13+. The van der Waals surface area contributed by atoms with E-state index in [0.717, 1.165) is 16.9 Å². The highest BCUT2D eigenvalue weighted by atomic mass is 16.5. The Balaban J connectivity index is 2.30. The summed E-state index contributed by atoms with van der Waals surface area (Å²) in [5, 5.41) is 10.9. The molecule has 0 spiro atoms. The van der Waals surface area contributed by atoms with Crippen molar-refractivity contribution in [3.63, 3.8) is 0 Å². The maximum atomic E-state index is 10.9. The van der Waals surface area contributed by atoms with Gasteiger partial charge in [-0.25, -0.2) is 0 Å². The van der Waals surface area contributed by atoms with Crippen LogP contribution in [0.25, 0.3) is 6.08 Å². The first-order valence-electron chi connectivity index (χ1n) is 6.90. The maximum absolute atomic E-state index is 10.9. The molecule has 0 radical (unpaired) electrons. The van der Waals surface area contributed by atoms with Crippen molar-refractivity contribution in [2.75, 3.05) is 7.11 Å². The summed E-state index contributed by atoms with van der Waals surface area (Å²) in [6.07, 6.45) is 5.90. The molecule has 0 aliphatic carbocycles. The molecule has 0 amide bonds. The molecule has 108 valence electrons. The smallest absolute Gasteiger partial charge is 0.118 e. The molecule has 0 bridgehead atoms. The number of methoxy groups -OCH3 is 1. The van der Waals surface area contributed by atoms with Crippen LogP contribution in [0.15, 0.2) is 73.3 Å². The molecule has 0 saturated heterocycles. The van der Waals surface area contributed by atoms with E-state index in [-0.39, 0.29) is 0 Å². The Bertz CT molecular complexity index is 599. The molecule has 2 aromatic rings. The first kappa shape index (κ1) is 15.1. The Labute approximate surface area is 126 Å². The van der Waals surface area contributed by atoms with Gasteiger partial charge in [0.15, 0.2) is 0 Å². The minimum Gasteiger partial charge on any atom is -0.497 e. The van der Waals surface area contributed by atoms with E-state index in [1.54, 1.807) is 13.2 Å². The quantitative estimate of drug-likeness (QED) is 0.805. The zero-order valence-corrected chi connectivity index (χ0v) is 12.2. The van der Waals surface area contributed by atoms with Crippen molar-refractivity contribution in [1.29, 1.82) is 0 Å². The average Bonchev–Trinajstić information content (AvgIpc) is 2.54. The van der Waals surface area contributed by atoms with Gasteiger partial charge in [0.25, 0.3) is 0 Å². The molecule has 0 heterocycles. The van der Waals surface area contributed by atoms with E-state index in [9.17, 15) is 5.11 Å². The first-order chi connectivity index (χ1) is 10.2. The van der Waals surface area contributed by atoms with Crippen molar-refractivity contribution in [1.82, 2.24) is 0 Å².